The topological polar surface area (TPSA) is 57.8 Å². The first-order chi connectivity index (χ1) is 6.02. The van der Waals surface area contributed by atoms with E-state index in [1.165, 1.54) is 0 Å². The fraction of sp³-hybridized carbons (Fsp3) is 0.429. The van der Waals surface area contributed by atoms with Gasteiger partial charge in [-0.3, -0.25) is 9.89 Å². The summed E-state index contributed by atoms with van der Waals surface area (Å²) in [4.78, 5) is 10.6. The first kappa shape index (κ1) is 9.63. The number of nitrogens with zero attached hydrogens (tertiary/aromatic N) is 1. The second-order valence-electron chi connectivity index (χ2n) is 2.61. The molecule has 13 heavy (non-hydrogen) atoms. The molecule has 0 aliphatic carbocycles. The van der Waals surface area contributed by atoms with Crippen molar-refractivity contribution in [3.8, 4) is 0 Å². The van der Waals surface area contributed by atoms with E-state index in [0.717, 1.165) is 5.69 Å². The van der Waals surface area contributed by atoms with Crippen molar-refractivity contribution < 1.29 is 13.6 Å². The predicted octanol–water partition coefficient (Wildman–Crippen LogP) is 1.23. The Bertz CT molecular complexity index is 322. The number of H-pyrrole nitrogens is 1. The van der Waals surface area contributed by atoms with E-state index in [4.69, 9.17) is 0 Å². The predicted molar refractivity (Wildman–Crippen MR) is 42.7 cm³/mol. The minimum Gasteiger partial charge on any atom is -0.304 e. The maximum Gasteiger partial charge on any atom is 0.315 e. The minimum absolute atomic E-state index is 0.155. The molecular formula is C7H9F2N3O. The van der Waals surface area contributed by atoms with Gasteiger partial charge in [-0.05, 0) is 13.8 Å². The molecule has 0 bridgehead atoms. The van der Waals surface area contributed by atoms with Crippen LogP contribution in [0.3, 0.4) is 0 Å². The lowest BCUT2D eigenvalue weighted by molar-refractivity contribution is -0.126. The normalized spacial score (nSPS) is 10.5. The highest BCUT2D eigenvalue weighted by atomic mass is 19.3. The Morgan fingerprint density at radius 3 is 2.54 bits per heavy atom. The van der Waals surface area contributed by atoms with Crippen LogP contribution in [0.25, 0.3) is 0 Å². The first-order valence-corrected chi connectivity index (χ1v) is 3.63. The third-order valence-electron chi connectivity index (χ3n) is 1.69. The monoisotopic (exact) mass is 189 g/mol. The van der Waals surface area contributed by atoms with Gasteiger partial charge in [0.2, 0.25) is 0 Å². The molecule has 0 saturated heterocycles. The summed E-state index contributed by atoms with van der Waals surface area (Å²) in [5.74, 6) is -1.18. The molecule has 1 rings (SSSR count). The van der Waals surface area contributed by atoms with E-state index in [9.17, 15) is 13.6 Å². The first-order valence-electron chi connectivity index (χ1n) is 3.63. The number of anilines is 1. The number of hydrogen-bond donors (Lipinski definition) is 2. The summed E-state index contributed by atoms with van der Waals surface area (Å²) < 4.78 is 23.6. The smallest absolute Gasteiger partial charge is 0.304 e. The molecule has 6 heteroatoms. The molecule has 0 radical (unpaired) electrons. The van der Waals surface area contributed by atoms with Crippen LogP contribution in [0.4, 0.5) is 14.6 Å². The van der Waals surface area contributed by atoms with Crippen molar-refractivity contribution in [2.24, 2.45) is 0 Å². The quantitative estimate of drug-likeness (QED) is 0.735. The van der Waals surface area contributed by atoms with Crippen LogP contribution in [-0.2, 0) is 4.79 Å². The van der Waals surface area contributed by atoms with Crippen molar-refractivity contribution in [1.29, 1.82) is 0 Å². The number of amides is 1. The molecule has 1 aromatic heterocycles. The number of hydrogen-bond acceptors (Lipinski definition) is 2. The van der Waals surface area contributed by atoms with Gasteiger partial charge in [0.25, 0.3) is 5.91 Å². The van der Waals surface area contributed by atoms with Crippen LogP contribution in [0.2, 0.25) is 0 Å². The lowest BCUT2D eigenvalue weighted by Crippen LogP contribution is -2.20. The molecule has 0 aliphatic rings. The standard InChI is InChI=1S/C7H9F2N3O/c1-3-4(2)11-12-6(3)10-7(13)5(8)9/h5H,1-2H3,(H2,10,11,12,13). The highest BCUT2D eigenvalue weighted by molar-refractivity contribution is 5.92. The van der Waals surface area contributed by atoms with E-state index < -0.39 is 12.3 Å². The van der Waals surface area contributed by atoms with Crippen LogP contribution in [0.5, 0.6) is 0 Å². The maximum atomic E-state index is 11.8. The van der Waals surface area contributed by atoms with Crippen LogP contribution in [-0.4, -0.2) is 22.5 Å². The molecule has 0 aliphatic heterocycles. The summed E-state index contributed by atoms with van der Waals surface area (Å²) >= 11 is 0. The number of aryl methyl sites for hydroxylation is 1. The lowest BCUT2D eigenvalue weighted by atomic mass is 10.3. The van der Waals surface area contributed by atoms with Crippen molar-refractivity contribution >= 4 is 11.7 Å². The average Bonchev–Trinajstić information content (AvgIpc) is 2.36. The fourth-order valence-electron chi connectivity index (χ4n) is 0.778. The highest BCUT2D eigenvalue weighted by Crippen LogP contribution is 2.14. The van der Waals surface area contributed by atoms with Crippen LogP contribution >= 0.6 is 0 Å². The van der Waals surface area contributed by atoms with Crippen molar-refractivity contribution in [3.05, 3.63) is 11.3 Å². The molecule has 0 aromatic carbocycles. The molecule has 1 amide bonds. The van der Waals surface area contributed by atoms with Gasteiger partial charge in [0.15, 0.2) is 5.82 Å². The molecule has 1 heterocycles. The third-order valence-corrected chi connectivity index (χ3v) is 1.69. The average molecular weight is 189 g/mol. The Balaban J connectivity index is 2.75. The van der Waals surface area contributed by atoms with Crippen LogP contribution in [0.1, 0.15) is 11.3 Å². The van der Waals surface area contributed by atoms with Gasteiger partial charge in [-0.15, -0.1) is 0 Å². The molecule has 0 fully saturated rings. The fourth-order valence-corrected chi connectivity index (χ4v) is 0.778. The second kappa shape index (κ2) is 3.51. The van der Waals surface area contributed by atoms with Crippen molar-refractivity contribution in [2.45, 2.75) is 20.3 Å². The molecule has 2 N–H and O–H groups in total. The van der Waals surface area contributed by atoms with Gasteiger partial charge in [0.05, 0.1) is 0 Å². The summed E-state index contributed by atoms with van der Waals surface area (Å²) in [5.41, 5.74) is 1.40. The number of aromatic amines is 1. The van der Waals surface area contributed by atoms with Crippen LogP contribution in [0, 0.1) is 13.8 Å². The van der Waals surface area contributed by atoms with E-state index in [1.54, 1.807) is 13.8 Å². The Labute approximate surface area is 73.3 Å². The van der Waals surface area contributed by atoms with Gasteiger partial charge in [0.1, 0.15) is 0 Å². The molecule has 0 atom stereocenters. The Kier molecular flexibility index (Phi) is 2.60. The summed E-state index contributed by atoms with van der Waals surface area (Å²) in [5, 5.41) is 8.22. The number of nitrogens with one attached hydrogen (secondary N) is 2. The number of carbonyl (C=O) groups is 1. The van der Waals surface area contributed by atoms with Crippen molar-refractivity contribution in [3.63, 3.8) is 0 Å². The van der Waals surface area contributed by atoms with E-state index in [-0.39, 0.29) is 5.82 Å². The summed E-state index contributed by atoms with van der Waals surface area (Å²) in [7, 11) is 0. The number of aromatic nitrogens is 2. The maximum absolute atomic E-state index is 11.8. The van der Waals surface area contributed by atoms with Crippen molar-refractivity contribution in [1.82, 2.24) is 10.2 Å². The van der Waals surface area contributed by atoms with Crippen LogP contribution < -0.4 is 5.32 Å². The summed E-state index contributed by atoms with van der Waals surface area (Å²) in [6, 6.07) is 0. The minimum atomic E-state index is -3.02. The van der Waals surface area contributed by atoms with Gasteiger partial charge in [-0.25, -0.2) is 0 Å². The number of carbonyl (C=O) groups excluding carboxylic acids is 1. The molecule has 72 valence electrons. The van der Waals surface area contributed by atoms with Gasteiger partial charge in [-0.1, -0.05) is 0 Å². The Morgan fingerprint density at radius 2 is 2.15 bits per heavy atom. The third kappa shape index (κ3) is 2.01. The van der Waals surface area contributed by atoms with Gasteiger partial charge >= 0.3 is 6.43 Å². The SMILES string of the molecule is Cc1[nH]nc(NC(=O)C(F)F)c1C. The van der Waals surface area contributed by atoms with Crippen molar-refractivity contribution in [2.75, 3.05) is 5.32 Å². The highest BCUT2D eigenvalue weighted by Gasteiger charge is 2.17. The lowest BCUT2D eigenvalue weighted by Gasteiger charge is -2.00. The number of halogens is 2. The zero-order valence-corrected chi connectivity index (χ0v) is 7.19. The molecular weight excluding hydrogens is 180 g/mol. The van der Waals surface area contributed by atoms with E-state index >= 15 is 0 Å². The van der Waals surface area contributed by atoms with Crippen LogP contribution in [0.15, 0.2) is 0 Å². The molecule has 0 spiro atoms. The number of rotatable bonds is 2. The van der Waals surface area contributed by atoms with E-state index in [1.807, 2.05) is 5.32 Å². The molecule has 4 nitrogen and oxygen atoms in total. The van der Waals surface area contributed by atoms with E-state index in [2.05, 4.69) is 10.2 Å². The molecule has 0 saturated carbocycles. The Hall–Kier alpha value is -1.46. The summed E-state index contributed by atoms with van der Waals surface area (Å²) in [6.45, 7) is 3.42. The van der Waals surface area contributed by atoms with Gasteiger partial charge in [0, 0.05) is 11.3 Å². The molecule has 1 aromatic rings. The molecule has 0 unspecified atom stereocenters. The zero-order chi connectivity index (χ0) is 10.0. The number of alkyl halides is 2. The van der Waals surface area contributed by atoms with Gasteiger partial charge < -0.3 is 5.32 Å². The largest absolute Gasteiger partial charge is 0.315 e. The van der Waals surface area contributed by atoms with E-state index in [0.29, 0.717) is 5.56 Å². The summed E-state index contributed by atoms with van der Waals surface area (Å²) in [6.07, 6.45) is -3.02. The second-order valence-corrected chi connectivity index (χ2v) is 2.61. The zero-order valence-electron chi connectivity index (χ0n) is 7.19. The Morgan fingerprint density at radius 1 is 1.54 bits per heavy atom. The van der Waals surface area contributed by atoms with Gasteiger partial charge in [-0.2, -0.15) is 13.9 Å².